The van der Waals surface area contributed by atoms with Crippen molar-refractivity contribution in [3.63, 3.8) is 0 Å². The molecule has 1 saturated heterocycles. The fourth-order valence-electron chi connectivity index (χ4n) is 3.17. The third-order valence-corrected chi connectivity index (χ3v) is 6.14. The van der Waals surface area contributed by atoms with Crippen LogP contribution in [0.15, 0.2) is 23.1 Å². The Morgan fingerprint density at radius 3 is 2.96 bits per heavy atom. The van der Waals surface area contributed by atoms with Crippen molar-refractivity contribution in [2.45, 2.75) is 36.7 Å². The summed E-state index contributed by atoms with van der Waals surface area (Å²) in [7, 11) is -1.97. The number of methoxy groups -OCH3 is 1. The maximum absolute atomic E-state index is 12.5. The second kappa shape index (κ2) is 7.82. The van der Waals surface area contributed by atoms with E-state index in [4.69, 9.17) is 9.47 Å². The van der Waals surface area contributed by atoms with E-state index in [2.05, 4.69) is 4.72 Å². The molecule has 1 atom stereocenters. The molecule has 138 valence electrons. The van der Waals surface area contributed by atoms with Gasteiger partial charge >= 0.3 is 0 Å². The Morgan fingerprint density at radius 2 is 2.24 bits per heavy atom. The van der Waals surface area contributed by atoms with E-state index >= 15 is 0 Å². The van der Waals surface area contributed by atoms with Crippen molar-refractivity contribution in [2.24, 2.45) is 0 Å². The van der Waals surface area contributed by atoms with Crippen LogP contribution >= 0.6 is 0 Å². The summed E-state index contributed by atoms with van der Waals surface area (Å²) in [5.74, 6) is 0.0621. The molecule has 25 heavy (non-hydrogen) atoms. The summed E-state index contributed by atoms with van der Waals surface area (Å²) in [5, 5.41) is 0. The molecule has 0 saturated carbocycles. The average molecular weight is 368 g/mol. The summed E-state index contributed by atoms with van der Waals surface area (Å²) in [6, 6.07) is 4.99. The zero-order valence-electron chi connectivity index (χ0n) is 14.4. The number of amides is 1. The zero-order valence-corrected chi connectivity index (χ0v) is 15.2. The molecule has 2 aliphatic rings. The molecule has 2 heterocycles. The molecule has 1 fully saturated rings. The van der Waals surface area contributed by atoms with Gasteiger partial charge in [0, 0.05) is 32.8 Å². The fourth-order valence-corrected chi connectivity index (χ4v) is 4.48. The molecule has 0 aromatic heterocycles. The maximum Gasteiger partial charge on any atom is 0.240 e. The van der Waals surface area contributed by atoms with Gasteiger partial charge in [0.25, 0.3) is 0 Å². The van der Waals surface area contributed by atoms with E-state index in [9.17, 15) is 13.2 Å². The molecular formula is C17H24N2O5S. The zero-order chi connectivity index (χ0) is 17.9. The number of sulfonamides is 1. The minimum absolute atomic E-state index is 0.0621. The third kappa shape index (κ3) is 4.38. The predicted molar refractivity (Wildman–Crippen MR) is 91.6 cm³/mol. The number of benzene rings is 1. The van der Waals surface area contributed by atoms with Crippen molar-refractivity contribution < 1.29 is 22.7 Å². The lowest BCUT2D eigenvalue weighted by Crippen LogP contribution is -2.37. The van der Waals surface area contributed by atoms with Gasteiger partial charge in [-0.2, -0.15) is 0 Å². The number of nitrogens with one attached hydrogen (secondary N) is 1. The van der Waals surface area contributed by atoms with Crippen LogP contribution in [0.5, 0.6) is 0 Å². The lowest BCUT2D eigenvalue weighted by Gasteiger charge is -2.29. The first-order valence-corrected chi connectivity index (χ1v) is 9.96. The van der Waals surface area contributed by atoms with E-state index in [0.29, 0.717) is 52.2 Å². The molecule has 1 N–H and O–H groups in total. The van der Waals surface area contributed by atoms with E-state index in [-0.39, 0.29) is 16.8 Å². The molecule has 2 aliphatic heterocycles. The molecule has 0 radical (unpaired) electrons. The van der Waals surface area contributed by atoms with Crippen LogP contribution < -0.4 is 4.72 Å². The van der Waals surface area contributed by atoms with Gasteiger partial charge in [-0.15, -0.1) is 0 Å². The Bertz CT molecular complexity index is 729. The molecule has 1 aromatic rings. The molecule has 7 nitrogen and oxygen atoms in total. The Labute approximate surface area is 148 Å². The highest BCUT2D eigenvalue weighted by molar-refractivity contribution is 7.89. The fraction of sp³-hybridized carbons (Fsp3) is 0.588. The van der Waals surface area contributed by atoms with Gasteiger partial charge in [-0.05, 0) is 36.1 Å². The summed E-state index contributed by atoms with van der Waals surface area (Å²) < 4.78 is 37.9. The Hall–Kier alpha value is -1.48. The molecular weight excluding hydrogens is 344 g/mol. The molecule has 1 amide bonds. The largest absolute Gasteiger partial charge is 0.384 e. The molecule has 0 spiro atoms. The first-order valence-electron chi connectivity index (χ1n) is 8.48. The van der Waals surface area contributed by atoms with Gasteiger partial charge < -0.3 is 14.4 Å². The van der Waals surface area contributed by atoms with Gasteiger partial charge in [0.1, 0.15) is 0 Å². The molecule has 8 heteroatoms. The quantitative estimate of drug-likeness (QED) is 0.798. The van der Waals surface area contributed by atoms with E-state index in [1.807, 2.05) is 6.07 Å². The smallest absolute Gasteiger partial charge is 0.240 e. The normalized spacial score (nSPS) is 20.5. The summed E-state index contributed by atoms with van der Waals surface area (Å²) in [6.45, 7) is 2.54. The molecule has 0 bridgehead atoms. The average Bonchev–Trinajstić information content (AvgIpc) is 3.11. The van der Waals surface area contributed by atoms with Gasteiger partial charge in [0.2, 0.25) is 15.9 Å². The van der Waals surface area contributed by atoms with E-state index in [1.165, 1.54) is 0 Å². The first-order chi connectivity index (χ1) is 12.0. The molecule has 3 rings (SSSR count). The standard InChI is InChI=1S/C17H24N2O5S/c1-23-8-6-17(20)19-7-4-13-10-16(3-2-14(13)11-19)25(21,22)18-15-5-9-24-12-15/h2-3,10,15,18H,4-9,11-12H2,1H3. The number of ether oxygens (including phenoxy) is 2. The summed E-state index contributed by atoms with van der Waals surface area (Å²) in [4.78, 5) is 14.2. The van der Waals surface area contributed by atoms with Crippen molar-refractivity contribution in [1.29, 1.82) is 0 Å². The van der Waals surface area contributed by atoms with Crippen LogP contribution in [-0.4, -0.2) is 58.7 Å². The number of carbonyl (C=O) groups excluding carboxylic acids is 1. The minimum Gasteiger partial charge on any atom is -0.384 e. The Morgan fingerprint density at radius 1 is 1.40 bits per heavy atom. The van der Waals surface area contributed by atoms with E-state index in [0.717, 1.165) is 11.1 Å². The van der Waals surface area contributed by atoms with Gasteiger partial charge in [0.15, 0.2) is 0 Å². The van der Waals surface area contributed by atoms with Crippen LogP contribution in [0.2, 0.25) is 0 Å². The SMILES string of the molecule is COCCC(=O)N1CCc2cc(S(=O)(=O)NC3CCOC3)ccc2C1. The summed E-state index contributed by atoms with van der Waals surface area (Å²) >= 11 is 0. The summed E-state index contributed by atoms with van der Waals surface area (Å²) in [5.41, 5.74) is 1.99. The highest BCUT2D eigenvalue weighted by Gasteiger charge is 2.26. The highest BCUT2D eigenvalue weighted by Crippen LogP contribution is 2.23. The van der Waals surface area contributed by atoms with Crippen LogP contribution in [0, 0.1) is 0 Å². The van der Waals surface area contributed by atoms with Gasteiger partial charge in [-0.1, -0.05) is 6.07 Å². The van der Waals surface area contributed by atoms with Gasteiger partial charge in [0.05, 0.1) is 24.5 Å². The lowest BCUT2D eigenvalue weighted by atomic mass is 10.00. The number of carbonyl (C=O) groups is 1. The van der Waals surface area contributed by atoms with Crippen molar-refractivity contribution in [1.82, 2.24) is 9.62 Å². The van der Waals surface area contributed by atoms with Crippen molar-refractivity contribution >= 4 is 15.9 Å². The third-order valence-electron chi connectivity index (χ3n) is 4.62. The topological polar surface area (TPSA) is 84.9 Å². The van der Waals surface area contributed by atoms with E-state index < -0.39 is 10.0 Å². The maximum atomic E-state index is 12.5. The second-order valence-corrected chi connectivity index (χ2v) is 8.13. The Balaban J connectivity index is 1.70. The van der Waals surface area contributed by atoms with Crippen LogP contribution in [0.25, 0.3) is 0 Å². The predicted octanol–water partition coefficient (Wildman–Crippen LogP) is 0.675. The first kappa shape index (κ1) is 18.3. The number of hydrogen-bond acceptors (Lipinski definition) is 5. The molecule has 1 unspecified atom stereocenters. The lowest BCUT2D eigenvalue weighted by molar-refractivity contribution is -0.133. The van der Waals surface area contributed by atoms with Crippen molar-refractivity contribution in [3.8, 4) is 0 Å². The highest BCUT2D eigenvalue weighted by atomic mass is 32.2. The number of rotatable bonds is 6. The monoisotopic (exact) mass is 368 g/mol. The van der Waals surface area contributed by atoms with Crippen molar-refractivity contribution in [2.75, 3.05) is 33.5 Å². The van der Waals surface area contributed by atoms with Crippen LogP contribution in [0.4, 0.5) is 0 Å². The second-order valence-electron chi connectivity index (χ2n) is 6.42. The molecule has 1 aromatic carbocycles. The van der Waals surface area contributed by atoms with Crippen molar-refractivity contribution in [3.05, 3.63) is 29.3 Å². The van der Waals surface area contributed by atoms with Gasteiger partial charge in [-0.25, -0.2) is 13.1 Å². The van der Waals surface area contributed by atoms with Crippen LogP contribution in [0.3, 0.4) is 0 Å². The number of nitrogens with zero attached hydrogens (tertiary/aromatic N) is 1. The summed E-state index contributed by atoms with van der Waals surface area (Å²) in [6.07, 6.45) is 1.72. The van der Waals surface area contributed by atoms with Crippen LogP contribution in [0.1, 0.15) is 24.0 Å². The van der Waals surface area contributed by atoms with Gasteiger partial charge in [-0.3, -0.25) is 4.79 Å². The molecule has 0 aliphatic carbocycles. The number of hydrogen-bond donors (Lipinski definition) is 1. The van der Waals surface area contributed by atoms with E-state index in [1.54, 1.807) is 24.1 Å². The Kier molecular flexibility index (Phi) is 5.73. The van der Waals surface area contributed by atoms with Crippen LogP contribution in [-0.2, 0) is 37.3 Å². The minimum atomic E-state index is -3.55. The number of fused-ring (bicyclic) bond motifs is 1.